The van der Waals surface area contributed by atoms with Gasteiger partial charge < -0.3 is 4.42 Å². The van der Waals surface area contributed by atoms with Gasteiger partial charge in [-0.1, -0.05) is 13.8 Å². The number of imide groups is 1. The van der Waals surface area contributed by atoms with E-state index in [0.29, 0.717) is 11.3 Å². The third kappa shape index (κ3) is 2.13. The number of rotatable bonds is 2. The van der Waals surface area contributed by atoms with E-state index in [2.05, 4.69) is 4.98 Å². The molecule has 0 aromatic carbocycles. The zero-order chi connectivity index (χ0) is 15.9. The molecule has 3 heterocycles. The van der Waals surface area contributed by atoms with Gasteiger partial charge in [0, 0.05) is 29.8 Å². The number of carbonyl (C=O) groups excluding carboxylic acids is 2. The van der Waals surface area contributed by atoms with Crippen LogP contribution in [0.4, 0.5) is 5.69 Å². The Bertz CT molecular complexity index is 777. The Kier molecular flexibility index (Phi) is 3.36. The van der Waals surface area contributed by atoms with Crippen molar-refractivity contribution in [3.8, 4) is 11.3 Å². The fraction of sp³-hybridized carbons (Fsp3) is 0.250. The van der Waals surface area contributed by atoms with E-state index in [4.69, 9.17) is 4.42 Å². The summed E-state index contributed by atoms with van der Waals surface area (Å²) in [6.07, 6.45) is 3.18. The van der Waals surface area contributed by atoms with Gasteiger partial charge in [-0.25, -0.2) is 9.69 Å². The predicted molar refractivity (Wildman–Crippen MR) is 79.0 cm³/mol. The van der Waals surface area contributed by atoms with Gasteiger partial charge in [0.15, 0.2) is 0 Å². The Morgan fingerprint density at radius 3 is 2.27 bits per heavy atom. The highest BCUT2D eigenvalue weighted by molar-refractivity contribution is 6.21. The van der Waals surface area contributed by atoms with Gasteiger partial charge in [-0.05, 0) is 24.3 Å². The van der Waals surface area contributed by atoms with E-state index in [1.165, 1.54) is 6.07 Å². The molecule has 0 N–H and O–H groups in total. The lowest BCUT2D eigenvalue weighted by molar-refractivity contribution is -0.122. The number of pyridine rings is 1. The lowest BCUT2D eigenvalue weighted by Crippen LogP contribution is -2.34. The summed E-state index contributed by atoms with van der Waals surface area (Å²) in [6.45, 7) is 3.35. The van der Waals surface area contributed by atoms with Crippen LogP contribution >= 0.6 is 0 Å². The SMILES string of the molecule is CC1C(=O)N(c2ccc(-c3cccnc3)oc2=O)C(=O)C1C. The van der Waals surface area contributed by atoms with Gasteiger partial charge >= 0.3 is 5.63 Å². The predicted octanol–water partition coefficient (Wildman–Crippen LogP) is 1.85. The minimum absolute atomic E-state index is 0.0427. The summed E-state index contributed by atoms with van der Waals surface area (Å²) in [6, 6.07) is 6.47. The molecule has 1 aliphatic rings. The summed E-state index contributed by atoms with van der Waals surface area (Å²) in [5.41, 5.74) is -0.116. The van der Waals surface area contributed by atoms with Crippen LogP contribution < -0.4 is 10.5 Å². The fourth-order valence-corrected chi connectivity index (χ4v) is 2.42. The van der Waals surface area contributed by atoms with Gasteiger partial charge in [-0.15, -0.1) is 0 Å². The molecule has 6 nitrogen and oxygen atoms in total. The molecule has 2 aromatic heterocycles. The Morgan fingerprint density at radius 2 is 1.73 bits per heavy atom. The lowest BCUT2D eigenvalue weighted by atomic mass is 10.00. The standard InChI is InChI=1S/C16H14N2O4/c1-9-10(2)15(20)18(14(9)19)12-5-6-13(22-16(12)21)11-4-3-7-17-8-11/h3-10H,1-2H3. The van der Waals surface area contributed by atoms with Gasteiger partial charge in [-0.3, -0.25) is 14.6 Å². The van der Waals surface area contributed by atoms with Gasteiger partial charge in [-0.2, -0.15) is 0 Å². The average molecular weight is 298 g/mol. The molecular formula is C16H14N2O4. The molecule has 112 valence electrons. The van der Waals surface area contributed by atoms with Crippen LogP contribution in [-0.2, 0) is 9.59 Å². The van der Waals surface area contributed by atoms with Gasteiger partial charge in [0.2, 0.25) is 11.8 Å². The molecule has 1 saturated heterocycles. The number of aromatic nitrogens is 1. The van der Waals surface area contributed by atoms with Crippen LogP contribution in [0.2, 0.25) is 0 Å². The zero-order valence-electron chi connectivity index (χ0n) is 12.1. The van der Waals surface area contributed by atoms with Crippen LogP contribution in [0.3, 0.4) is 0 Å². The summed E-state index contributed by atoms with van der Waals surface area (Å²) in [7, 11) is 0. The van der Waals surface area contributed by atoms with Crippen molar-refractivity contribution in [2.75, 3.05) is 4.90 Å². The molecule has 2 amide bonds. The smallest absolute Gasteiger partial charge is 0.360 e. The van der Waals surface area contributed by atoms with Crippen molar-refractivity contribution in [2.45, 2.75) is 13.8 Å². The van der Waals surface area contributed by atoms with E-state index in [1.807, 2.05) is 0 Å². The summed E-state index contributed by atoms with van der Waals surface area (Å²) in [5, 5.41) is 0. The molecule has 0 spiro atoms. The van der Waals surface area contributed by atoms with Crippen molar-refractivity contribution >= 4 is 17.5 Å². The minimum atomic E-state index is -0.718. The van der Waals surface area contributed by atoms with Crippen LogP contribution in [0.5, 0.6) is 0 Å². The van der Waals surface area contributed by atoms with Crippen molar-refractivity contribution in [2.24, 2.45) is 11.8 Å². The maximum absolute atomic E-state index is 12.2. The summed E-state index contributed by atoms with van der Waals surface area (Å²) >= 11 is 0. The van der Waals surface area contributed by atoms with E-state index >= 15 is 0 Å². The van der Waals surface area contributed by atoms with E-state index in [-0.39, 0.29) is 17.5 Å². The molecule has 2 aromatic rings. The lowest BCUT2D eigenvalue weighted by Gasteiger charge is -2.13. The second kappa shape index (κ2) is 5.22. The highest BCUT2D eigenvalue weighted by Crippen LogP contribution is 2.29. The van der Waals surface area contributed by atoms with E-state index < -0.39 is 17.5 Å². The van der Waals surface area contributed by atoms with Crippen molar-refractivity contribution < 1.29 is 14.0 Å². The number of anilines is 1. The number of nitrogens with zero attached hydrogens (tertiary/aromatic N) is 2. The van der Waals surface area contributed by atoms with E-state index in [0.717, 1.165) is 4.90 Å². The Balaban J connectivity index is 2.02. The first kappa shape index (κ1) is 14.2. The topological polar surface area (TPSA) is 80.5 Å². The first-order valence-electron chi connectivity index (χ1n) is 6.93. The molecule has 0 radical (unpaired) electrons. The molecule has 3 rings (SSSR count). The zero-order valence-corrected chi connectivity index (χ0v) is 12.1. The first-order valence-corrected chi connectivity index (χ1v) is 6.93. The molecule has 0 aliphatic carbocycles. The van der Waals surface area contributed by atoms with Gasteiger partial charge in [0.05, 0.1) is 0 Å². The number of carbonyl (C=O) groups is 2. The van der Waals surface area contributed by atoms with Crippen LogP contribution in [0.25, 0.3) is 11.3 Å². The molecule has 0 bridgehead atoms. The Morgan fingerprint density at radius 1 is 1.05 bits per heavy atom. The molecule has 2 unspecified atom stereocenters. The van der Waals surface area contributed by atoms with Crippen LogP contribution in [0, 0.1) is 11.8 Å². The fourth-order valence-electron chi connectivity index (χ4n) is 2.42. The molecule has 6 heteroatoms. The maximum atomic E-state index is 12.2. The Hall–Kier alpha value is -2.76. The maximum Gasteiger partial charge on any atom is 0.360 e. The number of amides is 2. The van der Waals surface area contributed by atoms with Gasteiger partial charge in [0.25, 0.3) is 0 Å². The minimum Gasteiger partial charge on any atom is -0.421 e. The number of hydrogen-bond acceptors (Lipinski definition) is 5. The molecule has 1 fully saturated rings. The third-order valence-corrected chi connectivity index (χ3v) is 3.96. The quantitative estimate of drug-likeness (QED) is 0.790. The van der Waals surface area contributed by atoms with E-state index in [9.17, 15) is 14.4 Å². The highest BCUT2D eigenvalue weighted by atomic mass is 16.4. The first-order chi connectivity index (χ1) is 10.5. The normalized spacial score (nSPS) is 21.5. The molecule has 2 atom stereocenters. The molecular weight excluding hydrogens is 284 g/mol. The van der Waals surface area contributed by atoms with E-state index in [1.54, 1.807) is 44.4 Å². The highest BCUT2D eigenvalue weighted by Gasteiger charge is 2.44. The van der Waals surface area contributed by atoms with Gasteiger partial charge in [0.1, 0.15) is 11.4 Å². The Labute approximate surface area is 126 Å². The van der Waals surface area contributed by atoms with Crippen molar-refractivity contribution in [3.05, 3.63) is 47.1 Å². The average Bonchev–Trinajstić information content (AvgIpc) is 2.72. The van der Waals surface area contributed by atoms with Crippen molar-refractivity contribution in [3.63, 3.8) is 0 Å². The van der Waals surface area contributed by atoms with Crippen molar-refractivity contribution in [1.82, 2.24) is 4.98 Å². The summed E-state index contributed by atoms with van der Waals surface area (Å²) in [5.74, 6) is -1.30. The van der Waals surface area contributed by atoms with Crippen molar-refractivity contribution in [1.29, 1.82) is 0 Å². The van der Waals surface area contributed by atoms with Crippen LogP contribution in [-0.4, -0.2) is 16.8 Å². The van der Waals surface area contributed by atoms with Crippen LogP contribution in [0.1, 0.15) is 13.8 Å². The summed E-state index contributed by atoms with van der Waals surface area (Å²) < 4.78 is 5.23. The largest absolute Gasteiger partial charge is 0.421 e. The number of hydrogen-bond donors (Lipinski definition) is 0. The molecule has 22 heavy (non-hydrogen) atoms. The van der Waals surface area contributed by atoms with Crippen LogP contribution in [0.15, 0.2) is 45.9 Å². The second-order valence-corrected chi connectivity index (χ2v) is 5.30. The third-order valence-electron chi connectivity index (χ3n) is 3.96. The molecule has 0 saturated carbocycles. The summed E-state index contributed by atoms with van der Waals surface area (Å²) in [4.78, 5) is 41.3. The molecule has 1 aliphatic heterocycles. The monoisotopic (exact) mass is 298 g/mol. The second-order valence-electron chi connectivity index (χ2n) is 5.30.